The highest BCUT2D eigenvalue weighted by molar-refractivity contribution is 5.89. The number of hydrogen-bond acceptors (Lipinski definition) is 4. The molecular formula is C11H14N2O2. The number of rotatable bonds is 2. The Morgan fingerprint density at radius 3 is 3.33 bits per heavy atom. The van der Waals surface area contributed by atoms with E-state index < -0.39 is 0 Å². The van der Waals surface area contributed by atoms with Crippen LogP contribution in [-0.2, 0) is 17.7 Å². The third-order valence-electron chi connectivity index (χ3n) is 2.49. The number of carbonyl (C=O) groups excluding carboxylic acids is 1. The average molecular weight is 206 g/mol. The summed E-state index contributed by atoms with van der Waals surface area (Å²) < 4.78 is 4.97. The largest absolute Gasteiger partial charge is 0.461 e. The molecule has 0 aliphatic carbocycles. The van der Waals surface area contributed by atoms with Crippen LogP contribution in [0.15, 0.2) is 12.3 Å². The third kappa shape index (κ3) is 1.99. The zero-order valence-electron chi connectivity index (χ0n) is 8.75. The van der Waals surface area contributed by atoms with Gasteiger partial charge in [-0.15, -0.1) is 0 Å². The lowest BCUT2D eigenvalue weighted by atomic mass is 10.00. The molecule has 0 radical (unpaired) electrons. The highest BCUT2D eigenvalue weighted by Crippen LogP contribution is 2.17. The van der Waals surface area contributed by atoms with E-state index in [1.807, 2.05) is 6.07 Å². The van der Waals surface area contributed by atoms with Gasteiger partial charge in [-0.2, -0.15) is 0 Å². The monoisotopic (exact) mass is 206 g/mol. The van der Waals surface area contributed by atoms with Crippen LogP contribution in [0.25, 0.3) is 0 Å². The lowest BCUT2D eigenvalue weighted by molar-refractivity contribution is 0.0517. The molecule has 1 aromatic rings. The summed E-state index contributed by atoms with van der Waals surface area (Å²) in [6.45, 7) is 3.90. The molecule has 1 N–H and O–H groups in total. The van der Waals surface area contributed by atoms with Gasteiger partial charge in [0, 0.05) is 12.7 Å². The first-order valence-corrected chi connectivity index (χ1v) is 5.17. The molecule has 0 bridgehead atoms. The smallest absolute Gasteiger partial charge is 0.357 e. The minimum Gasteiger partial charge on any atom is -0.461 e. The van der Waals surface area contributed by atoms with Crippen LogP contribution < -0.4 is 5.32 Å². The fraction of sp³-hybridized carbons (Fsp3) is 0.455. The molecule has 2 heterocycles. The van der Waals surface area contributed by atoms with Crippen molar-refractivity contribution < 1.29 is 9.53 Å². The first kappa shape index (κ1) is 10.1. The Morgan fingerprint density at radius 2 is 2.53 bits per heavy atom. The number of esters is 1. The number of pyridine rings is 1. The van der Waals surface area contributed by atoms with Crippen molar-refractivity contribution in [2.24, 2.45) is 0 Å². The second kappa shape index (κ2) is 4.40. The summed E-state index contributed by atoms with van der Waals surface area (Å²) in [5, 5.41) is 3.26. The second-order valence-corrected chi connectivity index (χ2v) is 3.44. The SMILES string of the molecule is CCOC(=O)c1nccc2c1CCNC2. The van der Waals surface area contributed by atoms with E-state index in [1.54, 1.807) is 13.1 Å². The minimum atomic E-state index is -0.309. The van der Waals surface area contributed by atoms with E-state index in [2.05, 4.69) is 10.3 Å². The maximum atomic E-state index is 11.6. The maximum absolute atomic E-state index is 11.6. The van der Waals surface area contributed by atoms with E-state index in [1.165, 1.54) is 0 Å². The van der Waals surface area contributed by atoms with Crippen LogP contribution in [0.4, 0.5) is 0 Å². The topological polar surface area (TPSA) is 51.2 Å². The van der Waals surface area contributed by atoms with Crippen LogP contribution in [0.3, 0.4) is 0 Å². The van der Waals surface area contributed by atoms with Crippen molar-refractivity contribution in [1.29, 1.82) is 0 Å². The van der Waals surface area contributed by atoms with Crippen LogP contribution in [0.1, 0.15) is 28.5 Å². The fourth-order valence-corrected chi connectivity index (χ4v) is 1.79. The van der Waals surface area contributed by atoms with Gasteiger partial charge in [-0.05, 0) is 37.1 Å². The van der Waals surface area contributed by atoms with Crippen LogP contribution in [0, 0.1) is 0 Å². The molecule has 0 aromatic carbocycles. The summed E-state index contributed by atoms with van der Waals surface area (Å²) >= 11 is 0. The first-order chi connectivity index (χ1) is 7.33. The minimum absolute atomic E-state index is 0.309. The number of nitrogens with zero attached hydrogens (tertiary/aromatic N) is 1. The summed E-state index contributed by atoms with van der Waals surface area (Å²) in [4.78, 5) is 15.7. The third-order valence-corrected chi connectivity index (χ3v) is 2.49. The predicted octanol–water partition coefficient (Wildman–Crippen LogP) is 0.904. The number of ether oxygens (including phenoxy) is 1. The first-order valence-electron chi connectivity index (χ1n) is 5.17. The maximum Gasteiger partial charge on any atom is 0.357 e. The Balaban J connectivity index is 2.34. The van der Waals surface area contributed by atoms with Gasteiger partial charge in [0.2, 0.25) is 0 Å². The van der Waals surface area contributed by atoms with Crippen molar-refractivity contribution >= 4 is 5.97 Å². The Kier molecular flexibility index (Phi) is 2.97. The Bertz CT molecular complexity index is 377. The van der Waals surface area contributed by atoms with Gasteiger partial charge in [0.1, 0.15) is 0 Å². The normalized spacial score (nSPS) is 14.5. The van der Waals surface area contributed by atoms with Crippen molar-refractivity contribution in [2.45, 2.75) is 19.9 Å². The molecule has 1 aliphatic heterocycles. The summed E-state index contributed by atoms with van der Waals surface area (Å²) in [7, 11) is 0. The van der Waals surface area contributed by atoms with Crippen molar-refractivity contribution in [1.82, 2.24) is 10.3 Å². The molecule has 4 heteroatoms. The number of fused-ring (bicyclic) bond motifs is 1. The molecular weight excluding hydrogens is 192 g/mol. The molecule has 2 rings (SSSR count). The van der Waals surface area contributed by atoms with Crippen LogP contribution >= 0.6 is 0 Å². The molecule has 0 fully saturated rings. The van der Waals surface area contributed by atoms with Gasteiger partial charge in [-0.1, -0.05) is 0 Å². The lowest BCUT2D eigenvalue weighted by Crippen LogP contribution is -2.26. The zero-order chi connectivity index (χ0) is 10.7. The van der Waals surface area contributed by atoms with Crippen molar-refractivity contribution in [3.63, 3.8) is 0 Å². The van der Waals surface area contributed by atoms with Crippen LogP contribution in [0.2, 0.25) is 0 Å². The van der Waals surface area contributed by atoms with Crippen molar-refractivity contribution in [2.75, 3.05) is 13.2 Å². The lowest BCUT2D eigenvalue weighted by Gasteiger charge is -2.18. The Hall–Kier alpha value is -1.42. The summed E-state index contributed by atoms with van der Waals surface area (Å²) in [5.74, 6) is -0.309. The van der Waals surface area contributed by atoms with Gasteiger partial charge in [-0.25, -0.2) is 9.78 Å². The van der Waals surface area contributed by atoms with Gasteiger partial charge >= 0.3 is 5.97 Å². The van der Waals surface area contributed by atoms with Gasteiger partial charge < -0.3 is 10.1 Å². The standard InChI is InChI=1S/C11H14N2O2/c1-2-15-11(14)10-9-4-5-12-7-8(9)3-6-13-10/h3,6,12H,2,4-5,7H2,1H3. The zero-order valence-corrected chi connectivity index (χ0v) is 8.75. The quantitative estimate of drug-likeness (QED) is 0.730. The molecule has 15 heavy (non-hydrogen) atoms. The molecule has 0 saturated heterocycles. The number of carbonyl (C=O) groups is 1. The molecule has 80 valence electrons. The summed E-state index contributed by atoms with van der Waals surface area (Å²) in [5.41, 5.74) is 2.67. The van der Waals surface area contributed by atoms with Crippen LogP contribution in [0.5, 0.6) is 0 Å². The second-order valence-electron chi connectivity index (χ2n) is 3.44. The van der Waals surface area contributed by atoms with Crippen molar-refractivity contribution in [3.8, 4) is 0 Å². The van der Waals surface area contributed by atoms with E-state index in [4.69, 9.17) is 4.74 Å². The van der Waals surface area contributed by atoms with E-state index in [0.717, 1.165) is 30.6 Å². The summed E-state index contributed by atoms with van der Waals surface area (Å²) in [6, 6.07) is 1.95. The highest BCUT2D eigenvalue weighted by atomic mass is 16.5. The van der Waals surface area contributed by atoms with E-state index in [9.17, 15) is 4.79 Å². The number of aromatic nitrogens is 1. The van der Waals surface area contributed by atoms with Gasteiger partial charge in [0.15, 0.2) is 5.69 Å². The van der Waals surface area contributed by atoms with E-state index >= 15 is 0 Å². The van der Waals surface area contributed by atoms with Crippen molar-refractivity contribution in [3.05, 3.63) is 29.1 Å². The molecule has 0 saturated carbocycles. The molecule has 0 amide bonds. The molecule has 1 aromatic heterocycles. The highest BCUT2D eigenvalue weighted by Gasteiger charge is 2.19. The Labute approximate surface area is 88.7 Å². The van der Waals surface area contributed by atoms with E-state index in [0.29, 0.717) is 12.3 Å². The van der Waals surface area contributed by atoms with Gasteiger partial charge in [0.25, 0.3) is 0 Å². The molecule has 4 nitrogen and oxygen atoms in total. The molecule has 0 unspecified atom stereocenters. The van der Waals surface area contributed by atoms with Gasteiger partial charge in [-0.3, -0.25) is 0 Å². The number of nitrogens with one attached hydrogen (secondary N) is 1. The van der Waals surface area contributed by atoms with Crippen LogP contribution in [-0.4, -0.2) is 24.1 Å². The van der Waals surface area contributed by atoms with E-state index in [-0.39, 0.29) is 5.97 Å². The summed E-state index contributed by atoms with van der Waals surface area (Å²) in [6.07, 6.45) is 2.51. The fourth-order valence-electron chi connectivity index (χ4n) is 1.79. The molecule has 0 atom stereocenters. The van der Waals surface area contributed by atoms with Gasteiger partial charge in [0.05, 0.1) is 6.61 Å². The molecule has 1 aliphatic rings. The number of hydrogen-bond donors (Lipinski definition) is 1. The predicted molar refractivity (Wildman–Crippen MR) is 55.6 cm³/mol. The Morgan fingerprint density at radius 1 is 1.67 bits per heavy atom. The average Bonchev–Trinajstić information content (AvgIpc) is 2.28. The molecule has 0 spiro atoms.